The zero-order valence-corrected chi connectivity index (χ0v) is 23.3. The smallest absolute Gasteiger partial charge is 0.338 e. The van der Waals surface area contributed by atoms with Gasteiger partial charge in [0.05, 0.1) is 28.5 Å². The van der Waals surface area contributed by atoms with Gasteiger partial charge in [0.15, 0.2) is 4.80 Å². The van der Waals surface area contributed by atoms with Gasteiger partial charge in [-0.25, -0.2) is 9.79 Å². The van der Waals surface area contributed by atoms with E-state index in [2.05, 4.69) is 17.2 Å². The van der Waals surface area contributed by atoms with Gasteiger partial charge in [0.1, 0.15) is 11.8 Å². The van der Waals surface area contributed by atoms with E-state index in [4.69, 9.17) is 14.5 Å². The molecule has 0 saturated heterocycles. The molecular formula is C31H31N3O4S. The molecule has 0 radical (unpaired) electrons. The van der Waals surface area contributed by atoms with Gasteiger partial charge < -0.3 is 14.0 Å². The highest BCUT2D eigenvalue weighted by atomic mass is 32.1. The van der Waals surface area contributed by atoms with Crippen molar-refractivity contribution < 1.29 is 14.3 Å². The Balaban J connectivity index is 1.76. The monoisotopic (exact) mass is 541 g/mol. The van der Waals surface area contributed by atoms with E-state index >= 15 is 0 Å². The third-order valence-corrected chi connectivity index (χ3v) is 7.51. The summed E-state index contributed by atoms with van der Waals surface area (Å²) in [5.41, 5.74) is 3.33. The van der Waals surface area contributed by atoms with Gasteiger partial charge in [0.2, 0.25) is 0 Å². The van der Waals surface area contributed by atoms with Crippen molar-refractivity contribution >= 4 is 34.3 Å². The second-order valence-electron chi connectivity index (χ2n) is 9.55. The van der Waals surface area contributed by atoms with Gasteiger partial charge in [0.25, 0.3) is 5.56 Å². The first-order valence-electron chi connectivity index (χ1n) is 13.0. The lowest BCUT2D eigenvalue weighted by atomic mass is 9.95. The molecule has 5 rings (SSSR count). The van der Waals surface area contributed by atoms with Crippen molar-refractivity contribution in [2.75, 3.05) is 6.61 Å². The molecule has 0 amide bonds. The average molecular weight is 542 g/mol. The van der Waals surface area contributed by atoms with Crippen LogP contribution in [0.5, 0.6) is 5.75 Å². The highest BCUT2D eigenvalue weighted by Gasteiger charge is 2.35. The van der Waals surface area contributed by atoms with E-state index in [1.165, 1.54) is 11.3 Å². The molecule has 200 valence electrons. The van der Waals surface area contributed by atoms with Gasteiger partial charge in [-0.1, -0.05) is 53.8 Å². The van der Waals surface area contributed by atoms with Crippen LogP contribution in [0.3, 0.4) is 0 Å². The summed E-state index contributed by atoms with van der Waals surface area (Å²) in [6.07, 6.45) is 5.69. The summed E-state index contributed by atoms with van der Waals surface area (Å²) < 4.78 is 15.8. The summed E-state index contributed by atoms with van der Waals surface area (Å²) in [4.78, 5) is 32.5. The molecule has 8 heteroatoms. The predicted octanol–water partition coefficient (Wildman–Crippen LogP) is 4.73. The number of hydrogen-bond acceptors (Lipinski definition) is 6. The quantitative estimate of drug-likeness (QED) is 0.239. The van der Waals surface area contributed by atoms with Crippen molar-refractivity contribution in [1.82, 2.24) is 9.13 Å². The van der Waals surface area contributed by atoms with Crippen LogP contribution in [0.15, 0.2) is 88.4 Å². The standard InChI is InChI=1S/C31H31N3O4S/c1-6-16-33-18-21(22-12-8-10-14-24(22)33)17-26-29(35)34-28(23-13-9-11-15-25(23)38-19(3)4)27(30(36)37-7-2)20(5)32-31(34)39-26/h6,8-15,17-19,28H,1,7,16H2,2-5H3/b26-17-/t28-/m1/s1. The maximum atomic E-state index is 14.1. The lowest BCUT2D eigenvalue weighted by Crippen LogP contribution is -2.40. The molecule has 4 aromatic rings. The number of hydrogen-bond donors (Lipinski definition) is 0. The second-order valence-corrected chi connectivity index (χ2v) is 10.6. The van der Waals surface area contributed by atoms with Crippen LogP contribution in [0.4, 0.5) is 0 Å². The minimum atomic E-state index is -0.737. The van der Waals surface area contributed by atoms with Gasteiger partial charge in [-0.3, -0.25) is 9.36 Å². The van der Waals surface area contributed by atoms with Crippen LogP contribution in [-0.4, -0.2) is 27.8 Å². The number of aromatic nitrogens is 2. The average Bonchev–Trinajstić information content (AvgIpc) is 3.40. The van der Waals surface area contributed by atoms with Crippen molar-refractivity contribution in [2.45, 2.75) is 46.4 Å². The fourth-order valence-electron chi connectivity index (χ4n) is 4.98. The predicted molar refractivity (Wildman–Crippen MR) is 155 cm³/mol. The SMILES string of the molecule is C=CCn1cc(/C=c2\sc3n(c2=O)[C@H](c2ccccc2OC(C)C)C(C(=O)OCC)=C(C)N=3)c2ccccc21. The van der Waals surface area contributed by atoms with Crippen LogP contribution in [0, 0.1) is 0 Å². The fourth-order valence-corrected chi connectivity index (χ4v) is 6.01. The lowest BCUT2D eigenvalue weighted by Gasteiger charge is -2.26. The Kier molecular flexibility index (Phi) is 7.39. The number of esters is 1. The third kappa shape index (κ3) is 4.88. The van der Waals surface area contributed by atoms with E-state index in [-0.39, 0.29) is 18.3 Å². The number of para-hydroxylation sites is 2. The Labute approximate surface area is 230 Å². The van der Waals surface area contributed by atoms with Crippen molar-refractivity contribution in [1.29, 1.82) is 0 Å². The molecule has 0 saturated carbocycles. The Bertz CT molecular complexity index is 1790. The summed E-state index contributed by atoms with van der Waals surface area (Å²) in [7, 11) is 0. The van der Waals surface area contributed by atoms with Crippen LogP contribution in [-0.2, 0) is 16.1 Å². The number of carbonyl (C=O) groups is 1. The number of rotatable bonds is 8. The summed E-state index contributed by atoms with van der Waals surface area (Å²) in [6.45, 7) is 12.2. The van der Waals surface area contributed by atoms with Crippen LogP contribution in [0.25, 0.3) is 17.0 Å². The van der Waals surface area contributed by atoms with Crippen LogP contribution < -0.4 is 19.6 Å². The maximum absolute atomic E-state index is 14.1. The molecule has 7 nitrogen and oxygen atoms in total. The van der Waals surface area contributed by atoms with E-state index in [1.807, 2.05) is 74.7 Å². The first kappa shape index (κ1) is 26.4. The Morgan fingerprint density at radius 2 is 1.92 bits per heavy atom. The molecule has 39 heavy (non-hydrogen) atoms. The number of ether oxygens (including phenoxy) is 2. The molecule has 3 heterocycles. The number of fused-ring (bicyclic) bond motifs is 2. The summed E-state index contributed by atoms with van der Waals surface area (Å²) in [5.74, 6) is 0.112. The highest BCUT2D eigenvalue weighted by Crippen LogP contribution is 2.36. The lowest BCUT2D eigenvalue weighted by molar-refractivity contribution is -0.139. The number of benzene rings is 2. The van der Waals surface area contributed by atoms with Crippen molar-refractivity contribution in [3.05, 3.63) is 109 Å². The molecule has 2 aromatic heterocycles. The molecule has 0 bridgehead atoms. The van der Waals surface area contributed by atoms with Gasteiger partial charge in [0, 0.05) is 34.8 Å². The van der Waals surface area contributed by atoms with Gasteiger partial charge >= 0.3 is 5.97 Å². The third-order valence-electron chi connectivity index (χ3n) is 6.53. The molecule has 1 aliphatic rings. The van der Waals surface area contributed by atoms with E-state index in [0.717, 1.165) is 16.5 Å². The Morgan fingerprint density at radius 3 is 2.67 bits per heavy atom. The Hall–Kier alpha value is -4.17. The first-order valence-corrected chi connectivity index (χ1v) is 13.8. The molecule has 0 fully saturated rings. The van der Waals surface area contributed by atoms with Crippen molar-refractivity contribution in [2.24, 2.45) is 4.99 Å². The molecule has 0 aliphatic carbocycles. The molecule has 0 unspecified atom stereocenters. The molecule has 0 spiro atoms. The Morgan fingerprint density at radius 1 is 1.18 bits per heavy atom. The van der Waals surface area contributed by atoms with Crippen molar-refractivity contribution in [3.8, 4) is 5.75 Å². The topological polar surface area (TPSA) is 74.8 Å². The minimum Gasteiger partial charge on any atom is -0.491 e. The zero-order valence-electron chi connectivity index (χ0n) is 22.5. The molecule has 2 aromatic carbocycles. The highest BCUT2D eigenvalue weighted by molar-refractivity contribution is 7.07. The minimum absolute atomic E-state index is 0.0917. The fraction of sp³-hybridized carbons (Fsp3) is 0.258. The first-order chi connectivity index (χ1) is 18.8. The van der Waals surface area contributed by atoms with E-state index in [0.29, 0.717) is 38.5 Å². The number of carbonyl (C=O) groups excluding carboxylic acids is 1. The zero-order chi connectivity index (χ0) is 27.7. The molecule has 1 atom stereocenters. The molecular weight excluding hydrogens is 510 g/mol. The van der Waals surface area contributed by atoms with E-state index in [1.54, 1.807) is 18.4 Å². The normalized spacial score (nSPS) is 15.4. The second kappa shape index (κ2) is 10.9. The van der Waals surface area contributed by atoms with Crippen LogP contribution in [0.1, 0.15) is 44.9 Å². The molecule has 0 N–H and O–H groups in total. The number of allylic oxidation sites excluding steroid dienone is 2. The van der Waals surface area contributed by atoms with Crippen LogP contribution in [0.2, 0.25) is 0 Å². The van der Waals surface area contributed by atoms with E-state index < -0.39 is 12.0 Å². The summed E-state index contributed by atoms with van der Waals surface area (Å²) in [5, 5.41) is 1.04. The van der Waals surface area contributed by atoms with Gasteiger partial charge in [-0.2, -0.15) is 0 Å². The summed E-state index contributed by atoms with van der Waals surface area (Å²) in [6, 6.07) is 14.9. The van der Waals surface area contributed by atoms with Crippen molar-refractivity contribution in [3.63, 3.8) is 0 Å². The maximum Gasteiger partial charge on any atom is 0.338 e. The number of thiazole rings is 1. The number of nitrogens with zero attached hydrogens (tertiary/aromatic N) is 3. The van der Waals surface area contributed by atoms with Crippen LogP contribution >= 0.6 is 11.3 Å². The largest absolute Gasteiger partial charge is 0.491 e. The van der Waals surface area contributed by atoms with Gasteiger partial charge in [-0.15, -0.1) is 6.58 Å². The summed E-state index contributed by atoms with van der Waals surface area (Å²) >= 11 is 1.31. The molecule has 1 aliphatic heterocycles. The van der Waals surface area contributed by atoms with Gasteiger partial charge in [-0.05, 0) is 45.9 Å². The van der Waals surface area contributed by atoms with E-state index in [9.17, 15) is 9.59 Å².